The van der Waals surface area contributed by atoms with Crippen LogP contribution in [0.4, 0.5) is 0 Å². The van der Waals surface area contributed by atoms with Gasteiger partial charge in [-0.1, -0.05) is 71.6 Å². The largest absolute Gasteiger partial charge is 0.481 e. The minimum Gasteiger partial charge on any atom is -0.481 e. The Labute approximate surface area is 232 Å². The van der Waals surface area contributed by atoms with Crippen LogP contribution in [0.2, 0.25) is 0 Å². The third kappa shape index (κ3) is 14.4. The summed E-state index contributed by atoms with van der Waals surface area (Å²) in [6.07, 6.45) is 20.0. The van der Waals surface area contributed by atoms with Gasteiger partial charge >= 0.3 is 17.9 Å². The second kappa shape index (κ2) is 19.7. The van der Waals surface area contributed by atoms with Crippen molar-refractivity contribution in [3.63, 3.8) is 0 Å². The Balaban J connectivity index is 0.000000450. The Morgan fingerprint density at radius 2 is 0.861 bits per heavy atom. The van der Waals surface area contributed by atoms with Crippen molar-refractivity contribution in [2.45, 2.75) is 124 Å². The summed E-state index contributed by atoms with van der Waals surface area (Å²) in [7, 11) is 0. The van der Waals surface area contributed by atoms with E-state index in [0.29, 0.717) is 0 Å². The quantitative estimate of drug-likeness (QED) is 0.254. The van der Waals surface area contributed by atoms with E-state index in [2.05, 4.69) is 26.8 Å². The number of rotatable bonds is 3. The van der Waals surface area contributed by atoms with E-state index in [1.165, 1.54) is 36.0 Å². The van der Waals surface area contributed by atoms with E-state index in [9.17, 15) is 14.4 Å². The standard InChI is InChI=1S/C8H11.3C7H12O2.Ti/c1-6-4-5-7(2)8(6)3;3*8-7(9)6-4-2-1-3-5-6;/h4H2,1-3H3;3*6H,1-5H2,(H,8,9);/q-1;;;;. The topological polar surface area (TPSA) is 112 Å². The third-order valence-corrected chi connectivity index (χ3v) is 7.68. The fraction of sp³-hybridized carbons (Fsp3) is 0.759. The summed E-state index contributed by atoms with van der Waals surface area (Å²) >= 11 is 0. The normalized spacial score (nSPS) is 20.7. The van der Waals surface area contributed by atoms with Crippen molar-refractivity contribution in [1.82, 2.24) is 0 Å². The van der Waals surface area contributed by atoms with Gasteiger partial charge in [-0.15, -0.1) is 13.3 Å². The Morgan fingerprint density at radius 3 is 0.972 bits per heavy atom. The molecule has 0 spiro atoms. The number of carbonyl (C=O) groups is 3. The van der Waals surface area contributed by atoms with Gasteiger partial charge in [0.25, 0.3) is 0 Å². The molecule has 0 aromatic rings. The first-order valence-corrected chi connectivity index (χ1v) is 13.6. The van der Waals surface area contributed by atoms with E-state index in [1.54, 1.807) is 0 Å². The van der Waals surface area contributed by atoms with Crippen molar-refractivity contribution < 1.29 is 51.4 Å². The van der Waals surface area contributed by atoms with Gasteiger partial charge in [0, 0.05) is 21.7 Å². The zero-order valence-corrected chi connectivity index (χ0v) is 24.2. The zero-order chi connectivity index (χ0) is 26.2. The fourth-order valence-corrected chi connectivity index (χ4v) is 4.90. The zero-order valence-electron chi connectivity index (χ0n) is 22.6. The maximum absolute atomic E-state index is 10.4. The first kappa shape index (κ1) is 34.6. The number of carboxylic acids is 3. The summed E-state index contributed by atoms with van der Waals surface area (Å²) in [4.78, 5) is 31.1. The molecule has 6 nitrogen and oxygen atoms in total. The Kier molecular flexibility index (Phi) is 18.9. The minimum atomic E-state index is -0.602. The number of carboxylic acid groups (broad SMARTS) is 3. The van der Waals surface area contributed by atoms with Gasteiger partial charge in [-0.05, 0) is 38.5 Å². The van der Waals surface area contributed by atoms with E-state index >= 15 is 0 Å². The maximum Gasteiger partial charge on any atom is 0.306 e. The third-order valence-electron chi connectivity index (χ3n) is 7.68. The van der Waals surface area contributed by atoms with Crippen LogP contribution in [0.15, 0.2) is 16.7 Å². The average molecular weight is 540 g/mol. The van der Waals surface area contributed by atoms with Crippen molar-refractivity contribution in [3.05, 3.63) is 22.8 Å². The smallest absolute Gasteiger partial charge is 0.306 e. The number of aliphatic carboxylic acids is 3. The number of hydrogen-bond donors (Lipinski definition) is 3. The van der Waals surface area contributed by atoms with Gasteiger partial charge in [-0.3, -0.25) is 20.5 Å². The molecule has 4 rings (SSSR count). The monoisotopic (exact) mass is 539 g/mol. The minimum absolute atomic E-state index is 0. The summed E-state index contributed by atoms with van der Waals surface area (Å²) in [5.41, 5.74) is 4.25. The van der Waals surface area contributed by atoms with Crippen LogP contribution in [0.3, 0.4) is 0 Å². The molecule has 0 bridgehead atoms. The maximum atomic E-state index is 10.4. The Bertz CT molecular complexity index is 652. The van der Waals surface area contributed by atoms with Gasteiger partial charge in [0.1, 0.15) is 0 Å². The summed E-state index contributed by atoms with van der Waals surface area (Å²) in [6, 6.07) is 0. The van der Waals surface area contributed by atoms with Crippen LogP contribution in [-0.4, -0.2) is 33.2 Å². The molecule has 0 amide bonds. The first-order chi connectivity index (χ1) is 16.6. The molecule has 0 radical (unpaired) electrons. The molecule has 7 heteroatoms. The molecule has 0 heterocycles. The molecule has 3 N–H and O–H groups in total. The molecule has 36 heavy (non-hydrogen) atoms. The molecule has 0 aliphatic heterocycles. The molecule has 0 unspecified atom stereocenters. The molecule has 3 saturated carbocycles. The van der Waals surface area contributed by atoms with Crippen LogP contribution in [-0.2, 0) is 36.1 Å². The van der Waals surface area contributed by atoms with Crippen LogP contribution >= 0.6 is 0 Å². The Morgan fingerprint density at radius 1 is 0.583 bits per heavy atom. The number of hydrogen-bond acceptors (Lipinski definition) is 3. The molecule has 3 fully saturated rings. The van der Waals surface area contributed by atoms with Crippen LogP contribution < -0.4 is 0 Å². The van der Waals surface area contributed by atoms with Gasteiger partial charge in [0.05, 0.1) is 17.8 Å². The van der Waals surface area contributed by atoms with Crippen molar-refractivity contribution in [3.8, 4) is 0 Å². The van der Waals surface area contributed by atoms with E-state index in [4.69, 9.17) is 15.3 Å². The van der Waals surface area contributed by atoms with E-state index in [1.807, 2.05) is 0 Å². The molecule has 4 aliphatic rings. The average Bonchev–Trinajstić information content (AvgIpc) is 3.17. The van der Waals surface area contributed by atoms with Gasteiger partial charge in [-0.2, -0.15) is 11.1 Å². The number of allylic oxidation sites excluding steroid dienone is 4. The molecule has 4 aliphatic carbocycles. The molecule has 0 atom stereocenters. The van der Waals surface area contributed by atoms with E-state index in [0.717, 1.165) is 83.5 Å². The molecule has 0 aromatic heterocycles. The molecule has 0 aromatic carbocycles. The molecular formula is C29H47O6Ti-. The van der Waals surface area contributed by atoms with Crippen LogP contribution in [0, 0.1) is 23.8 Å². The summed E-state index contributed by atoms with van der Waals surface area (Å²) in [5, 5.41) is 25.6. The SMILES string of the molecule is CC1=[C-]CC(C)=C1C.O=C(O)C1CCCCC1.O=C(O)C1CCCCC1.O=C(O)C1CCCCC1.[Ti]. The van der Waals surface area contributed by atoms with Crippen LogP contribution in [0.1, 0.15) is 124 Å². The van der Waals surface area contributed by atoms with Crippen LogP contribution in [0.5, 0.6) is 0 Å². The van der Waals surface area contributed by atoms with E-state index < -0.39 is 17.9 Å². The summed E-state index contributed by atoms with van der Waals surface area (Å²) in [6.45, 7) is 6.44. The predicted molar refractivity (Wildman–Crippen MR) is 138 cm³/mol. The summed E-state index contributed by atoms with van der Waals surface area (Å²) in [5.74, 6) is -1.89. The van der Waals surface area contributed by atoms with Gasteiger partial charge in [-0.25, -0.2) is 5.57 Å². The van der Waals surface area contributed by atoms with Gasteiger partial charge < -0.3 is 15.3 Å². The van der Waals surface area contributed by atoms with E-state index in [-0.39, 0.29) is 39.5 Å². The second-order valence-electron chi connectivity index (χ2n) is 10.4. The van der Waals surface area contributed by atoms with Gasteiger partial charge in [0.15, 0.2) is 0 Å². The second-order valence-corrected chi connectivity index (χ2v) is 10.4. The summed E-state index contributed by atoms with van der Waals surface area (Å²) < 4.78 is 0. The van der Waals surface area contributed by atoms with Crippen molar-refractivity contribution >= 4 is 17.9 Å². The van der Waals surface area contributed by atoms with Crippen molar-refractivity contribution in [2.75, 3.05) is 0 Å². The molecular weight excluding hydrogens is 492 g/mol. The van der Waals surface area contributed by atoms with Crippen molar-refractivity contribution in [2.24, 2.45) is 17.8 Å². The Hall–Kier alpha value is -1.40. The van der Waals surface area contributed by atoms with Gasteiger partial charge in [0.2, 0.25) is 0 Å². The van der Waals surface area contributed by atoms with Crippen molar-refractivity contribution in [1.29, 1.82) is 0 Å². The fourth-order valence-electron chi connectivity index (χ4n) is 4.90. The molecule has 204 valence electrons. The predicted octanol–water partition coefficient (Wildman–Crippen LogP) is 7.43. The molecule has 0 saturated heterocycles. The van der Waals surface area contributed by atoms with Crippen LogP contribution in [0.25, 0.3) is 0 Å². The first-order valence-electron chi connectivity index (χ1n) is 13.6.